The molecule has 4 nitrogen and oxygen atoms in total. The number of nitrogens with zero attached hydrogens (tertiary/aromatic N) is 3. The van der Waals surface area contributed by atoms with Crippen molar-refractivity contribution < 1.29 is 18.0 Å². The Morgan fingerprint density at radius 1 is 1.18 bits per heavy atom. The minimum atomic E-state index is -4.53. The van der Waals surface area contributed by atoms with Crippen LogP contribution in [0.1, 0.15) is 37.1 Å². The lowest BCUT2D eigenvalue weighted by Gasteiger charge is -2.21. The molecular weight excluding hydrogens is 295 g/mol. The summed E-state index contributed by atoms with van der Waals surface area (Å²) in [5, 5.41) is 0. The summed E-state index contributed by atoms with van der Waals surface area (Å²) in [6.07, 6.45) is -0.0243. The molecule has 0 aliphatic carbocycles. The van der Waals surface area contributed by atoms with Gasteiger partial charge in [-0.15, -0.1) is 0 Å². The molecule has 0 atom stereocenters. The summed E-state index contributed by atoms with van der Waals surface area (Å²) < 4.78 is 41.1. The van der Waals surface area contributed by atoms with E-state index in [0.717, 1.165) is 19.3 Å². The standard InChI is InChI=1S/C15H16F3N3O/c16-15(17,18)14-11(21-9-5-3-6-12(21)19-14)10-20-8-4-1-2-7-13(20)22/h3,5-6,9H,1-2,4,7-8,10H2. The van der Waals surface area contributed by atoms with Crippen molar-refractivity contribution in [1.82, 2.24) is 14.3 Å². The van der Waals surface area contributed by atoms with Crippen molar-refractivity contribution in [3.63, 3.8) is 0 Å². The molecule has 0 unspecified atom stereocenters. The smallest absolute Gasteiger partial charge is 0.337 e. The molecule has 0 aromatic carbocycles. The predicted octanol–water partition coefficient (Wildman–Crippen LogP) is 3.26. The van der Waals surface area contributed by atoms with Gasteiger partial charge in [-0.3, -0.25) is 4.79 Å². The van der Waals surface area contributed by atoms with Gasteiger partial charge in [0, 0.05) is 19.2 Å². The fraction of sp³-hybridized carbons (Fsp3) is 0.467. The molecule has 2 aromatic rings. The quantitative estimate of drug-likeness (QED) is 0.854. The number of aromatic nitrogens is 2. The Labute approximate surface area is 125 Å². The number of likely N-dealkylation sites (tertiary alicyclic amines) is 1. The number of rotatable bonds is 2. The van der Waals surface area contributed by atoms with Gasteiger partial charge in [-0.25, -0.2) is 4.98 Å². The van der Waals surface area contributed by atoms with Gasteiger partial charge in [-0.05, 0) is 25.0 Å². The van der Waals surface area contributed by atoms with Gasteiger partial charge in [0.05, 0.1) is 12.2 Å². The van der Waals surface area contributed by atoms with Crippen LogP contribution >= 0.6 is 0 Å². The number of pyridine rings is 1. The first kappa shape index (κ1) is 14.9. The Morgan fingerprint density at radius 2 is 2.00 bits per heavy atom. The van der Waals surface area contributed by atoms with Gasteiger partial charge in [-0.2, -0.15) is 13.2 Å². The van der Waals surface area contributed by atoms with Crippen molar-refractivity contribution in [1.29, 1.82) is 0 Å². The monoisotopic (exact) mass is 311 g/mol. The van der Waals surface area contributed by atoms with Crippen LogP contribution in [0.2, 0.25) is 0 Å². The van der Waals surface area contributed by atoms with E-state index in [1.54, 1.807) is 18.3 Å². The van der Waals surface area contributed by atoms with Crippen molar-refractivity contribution in [2.75, 3.05) is 6.54 Å². The van der Waals surface area contributed by atoms with Crippen LogP contribution in [0.3, 0.4) is 0 Å². The van der Waals surface area contributed by atoms with Crippen LogP contribution in [0.15, 0.2) is 24.4 Å². The van der Waals surface area contributed by atoms with E-state index in [2.05, 4.69) is 4.98 Å². The van der Waals surface area contributed by atoms with Crippen LogP contribution in [0, 0.1) is 0 Å². The zero-order chi connectivity index (χ0) is 15.7. The van der Waals surface area contributed by atoms with Crippen LogP contribution in [0.5, 0.6) is 0 Å². The summed E-state index contributed by atoms with van der Waals surface area (Å²) in [5.74, 6) is -0.0866. The topological polar surface area (TPSA) is 37.6 Å². The lowest BCUT2D eigenvalue weighted by molar-refractivity contribution is -0.142. The molecule has 1 amide bonds. The third-order valence-corrected chi connectivity index (χ3v) is 3.91. The molecule has 0 saturated carbocycles. The van der Waals surface area contributed by atoms with Gasteiger partial charge in [-0.1, -0.05) is 12.5 Å². The first-order valence-corrected chi connectivity index (χ1v) is 7.28. The van der Waals surface area contributed by atoms with Crippen molar-refractivity contribution in [3.8, 4) is 0 Å². The molecule has 0 bridgehead atoms. The fourth-order valence-corrected chi connectivity index (χ4v) is 2.81. The Balaban J connectivity index is 2.02. The molecule has 1 aliphatic rings. The molecule has 0 N–H and O–H groups in total. The number of hydrogen-bond acceptors (Lipinski definition) is 2. The van der Waals surface area contributed by atoms with Crippen LogP contribution in [-0.2, 0) is 17.5 Å². The van der Waals surface area contributed by atoms with E-state index in [1.807, 2.05) is 0 Å². The second-order valence-electron chi connectivity index (χ2n) is 5.46. The molecule has 1 saturated heterocycles. The Bertz CT molecular complexity index is 693. The number of amides is 1. The number of fused-ring (bicyclic) bond motifs is 1. The van der Waals surface area contributed by atoms with Gasteiger partial charge in [0.1, 0.15) is 5.65 Å². The maximum absolute atomic E-state index is 13.2. The lowest BCUT2D eigenvalue weighted by Crippen LogP contribution is -2.31. The normalized spacial score (nSPS) is 17.0. The molecular formula is C15H16F3N3O. The maximum atomic E-state index is 13.2. The number of alkyl halides is 3. The summed E-state index contributed by atoms with van der Waals surface area (Å²) in [6.45, 7) is 0.440. The largest absolute Gasteiger partial charge is 0.435 e. The van der Waals surface area contributed by atoms with E-state index in [-0.39, 0.29) is 23.8 Å². The van der Waals surface area contributed by atoms with Crippen LogP contribution in [-0.4, -0.2) is 26.7 Å². The van der Waals surface area contributed by atoms with E-state index in [1.165, 1.54) is 15.4 Å². The van der Waals surface area contributed by atoms with Crippen LogP contribution in [0.4, 0.5) is 13.2 Å². The van der Waals surface area contributed by atoms with Gasteiger partial charge >= 0.3 is 6.18 Å². The predicted molar refractivity (Wildman–Crippen MR) is 74.1 cm³/mol. The molecule has 7 heteroatoms. The first-order valence-electron chi connectivity index (χ1n) is 7.28. The summed E-state index contributed by atoms with van der Waals surface area (Å²) in [7, 11) is 0. The highest BCUT2D eigenvalue weighted by molar-refractivity contribution is 5.76. The average molecular weight is 311 g/mol. The molecule has 3 heterocycles. The molecule has 3 rings (SSSR count). The van der Waals surface area contributed by atoms with Crippen molar-refractivity contribution in [2.24, 2.45) is 0 Å². The van der Waals surface area contributed by atoms with E-state index in [0.29, 0.717) is 13.0 Å². The highest BCUT2D eigenvalue weighted by atomic mass is 19.4. The SMILES string of the molecule is O=C1CCCCCN1Cc1c(C(F)(F)F)nc2ccccn12. The Morgan fingerprint density at radius 3 is 2.77 bits per heavy atom. The molecule has 22 heavy (non-hydrogen) atoms. The molecule has 118 valence electrons. The number of hydrogen-bond donors (Lipinski definition) is 0. The zero-order valence-electron chi connectivity index (χ0n) is 11.9. The Hall–Kier alpha value is -2.05. The summed E-state index contributed by atoms with van der Waals surface area (Å²) >= 11 is 0. The number of halogens is 3. The molecule has 1 fully saturated rings. The minimum Gasteiger partial charge on any atom is -0.337 e. The van der Waals surface area contributed by atoms with E-state index in [9.17, 15) is 18.0 Å². The lowest BCUT2D eigenvalue weighted by atomic mass is 10.2. The van der Waals surface area contributed by atoms with Crippen LogP contribution < -0.4 is 0 Å². The molecule has 2 aromatic heterocycles. The highest BCUT2D eigenvalue weighted by Crippen LogP contribution is 2.32. The van der Waals surface area contributed by atoms with Gasteiger partial charge in [0.15, 0.2) is 5.69 Å². The van der Waals surface area contributed by atoms with E-state index >= 15 is 0 Å². The van der Waals surface area contributed by atoms with E-state index in [4.69, 9.17) is 0 Å². The molecule has 0 radical (unpaired) electrons. The van der Waals surface area contributed by atoms with Crippen molar-refractivity contribution in [3.05, 3.63) is 35.8 Å². The summed E-state index contributed by atoms with van der Waals surface area (Å²) in [5.41, 5.74) is -0.638. The second-order valence-corrected chi connectivity index (χ2v) is 5.46. The molecule has 0 spiro atoms. The fourth-order valence-electron chi connectivity index (χ4n) is 2.81. The molecule has 1 aliphatic heterocycles. The average Bonchev–Trinajstić information content (AvgIpc) is 2.72. The number of imidazole rings is 1. The van der Waals surface area contributed by atoms with Gasteiger partial charge < -0.3 is 9.30 Å². The third-order valence-electron chi connectivity index (χ3n) is 3.91. The van der Waals surface area contributed by atoms with E-state index < -0.39 is 11.9 Å². The number of carbonyl (C=O) groups is 1. The van der Waals surface area contributed by atoms with Gasteiger partial charge in [0.2, 0.25) is 5.91 Å². The Kier molecular flexibility index (Phi) is 3.80. The summed E-state index contributed by atoms with van der Waals surface area (Å²) in [6, 6.07) is 4.83. The minimum absolute atomic E-state index is 0.0263. The van der Waals surface area contributed by atoms with Crippen molar-refractivity contribution in [2.45, 2.75) is 38.4 Å². The highest BCUT2D eigenvalue weighted by Gasteiger charge is 2.38. The summed E-state index contributed by atoms with van der Waals surface area (Å²) in [4.78, 5) is 17.3. The van der Waals surface area contributed by atoms with Gasteiger partial charge in [0.25, 0.3) is 0 Å². The van der Waals surface area contributed by atoms with Crippen LogP contribution in [0.25, 0.3) is 5.65 Å². The zero-order valence-corrected chi connectivity index (χ0v) is 11.9. The second kappa shape index (κ2) is 5.62. The number of carbonyl (C=O) groups excluding carboxylic acids is 1. The third kappa shape index (κ3) is 2.80. The van der Waals surface area contributed by atoms with Crippen molar-refractivity contribution >= 4 is 11.6 Å². The first-order chi connectivity index (χ1) is 10.5. The maximum Gasteiger partial charge on any atom is 0.435 e.